The van der Waals surface area contributed by atoms with Gasteiger partial charge in [-0.3, -0.25) is 29.9 Å². The van der Waals surface area contributed by atoms with Crippen LogP contribution in [0.2, 0.25) is 0 Å². The minimum Gasteiger partial charge on any atom is -0.494 e. The molecule has 2 fully saturated rings. The Hall–Kier alpha value is -4.50. The summed E-state index contributed by atoms with van der Waals surface area (Å²) < 4.78 is 16.7. The number of likely N-dealkylation sites (tertiary alicyclic amines) is 1. The summed E-state index contributed by atoms with van der Waals surface area (Å²) in [6, 6.07) is 9.53. The van der Waals surface area contributed by atoms with Gasteiger partial charge in [0.1, 0.15) is 23.2 Å². The third kappa shape index (κ3) is 11.0. The Kier molecular flexibility index (Phi) is 13.0. The number of piperidine rings is 1. The lowest BCUT2D eigenvalue weighted by Crippen LogP contribution is -2.51. The van der Waals surface area contributed by atoms with Crippen LogP contribution in [0.25, 0.3) is 0 Å². The van der Waals surface area contributed by atoms with E-state index < -0.39 is 35.1 Å². The summed E-state index contributed by atoms with van der Waals surface area (Å²) in [5, 5.41) is 20.7. The second-order valence-corrected chi connectivity index (χ2v) is 14.5. The lowest BCUT2D eigenvalue weighted by atomic mass is 10.00. The number of alkyl carbamates (subject to hydrolysis) is 1. The van der Waals surface area contributed by atoms with E-state index in [9.17, 15) is 24.0 Å². The molecule has 50 heavy (non-hydrogen) atoms. The van der Waals surface area contributed by atoms with Gasteiger partial charge < -0.3 is 35.1 Å². The molecule has 0 bridgehead atoms. The summed E-state index contributed by atoms with van der Waals surface area (Å²) in [6.07, 6.45) is 0.958. The summed E-state index contributed by atoms with van der Waals surface area (Å²) in [6.45, 7) is 11.2. The Balaban J connectivity index is 1.33. The smallest absolute Gasteiger partial charge is 0.413 e. The highest BCUT2D eigenvalue weighted by Crippen LogP contribution is 2.59. The molecule has 4 atom stereocenters. The molecule has 0 unspecified atom stereocenters. The van der Waals surface area contributed by atoms with Crippen molar-refractivity contribution in [3.8, 4) is 5.75 Å². The molecule has 5 amide bonds. The molecular formula is C35H47N6O8S. The maximum atomic E-state index is 13.7. The Bertz CT molecular complexity index is 1540. The molecule has 1 saturated heterocycles. The first kappa shape index (κ1) is 38.3. The van der Waals surface area contributed by atoms with E-state index in [1.807, 2.05) is 30.3 Å². The monoisotopic (exact) mass is 711 g/mol. The number of thiophene rings is 1. The van der Waals surface area contributed by atoms with E-state index in [1.54, 1.807) is 44.0 Å². The predicted octanol–water partition coefficient (Wildman–Crippen LogP) is 3.08. The number of fused-ring (bicyclic) bond motifs is 1. The topological polar surface area (TPSA) is 188 Å². The Morgan fingerprint density at radius 1 is 1.10 bits per heavy atom. The normalized spacial score (nSPS) is 19.8. The number of hydrogen-bond acceptors (Lipinski definition) is 10. The fourth-order valence-corrected chi connectivity index (χ4v) is 6.73. The molecule has 15 heteroatoms. The van der Waals surface area contributed by atoms with Gasteiger partial charge in [0.2, 0.25) is 23.6 Å². The Morgan fingerprint density at radius 2 is 1.84 bits per heavy atom. The van der Waals surface area contributed by atoms with Gasteiger partial charge in [0.15, 0.2) is 0 Å². The molecular weight excluding hydrogens is 664 g/mol. The molecule has 1 aliphatic heterocycles. The maximum Gasteiger partial charge on any atom is 0.413 e. The van der Waals surface area contributed by atoms with Gasteiger partial charge in [0, 0.05) is 47.2 Å². The fourth-order valence-electron chi connectivity index (χ4n) is 5.82. The van der Waals surface area contributed by atoms with Crippen molar-refractivity contribution >= 4 is 46.9 Å². The number of benzene rings is 1. The van der Waals surface area contributed by atoms with Crippen LogP contribution in [0.3, 0.4) is 0 Å². The van der Waals surface area contributed by atoms with Gasteiger partial charge in [0.25, 0.3) is 0 Å². The number of carbonyl (C=O) groups excluding carboxylic acids is 5. The molecule has 14 nitrogen and oxygen atoms in total. The summed E-state index contributed by atoms with van der Waals surface area (Å²) >= 11 is 1.32. The largest absolute Gasteiger partial charge is 0.494 e. The molecule has 1 aromatic heterocycles. The van der Waals surface area contributed by atoms with Crippen molar-refractivity contribution in [1.82, 2.24) is 26.2 Å². The van der Waals surface area contributed by atoms with Crippen molar-refractivity contribution in [3.63, 3.8) is 0 Å². The van der Waals surface area contributed by atoms with Crippen LogP contribution in [-0.2, 0) is 28.7 Å². The summed E-state index contributed by atoms with van der Waals surface area (Å²) in [5.74, 6) is -0.811. The molecule has 1 saturated carbocycles. The summed E-state index contributed by atoms with van der Waals surface area (Å²) in [7, 11) is 0. The van der Waals surface area contributed by atoms with Crippen molar-refractivity contribution in [1.29, 1.82) is 5.41 Å². The Morgan fingerprint density at radius 3 is 2.54 bits per heavy atom. The van der Waals surface area contributed by atoms with Crippen LogP contribution in [0, 0.1) is 17.7 Å². The first-order valence-electron chi connectivity index (χ1n) is 16.6. The SMILES string of the molecule is [CH2]C(=O)NCCOC[C@@]12C[C@@H]1N(C(=O)CNC(=O)CCCOc1ccccc1)[C@H](C(=O)N[C@H](C)c1cc(C(=N)NC(=O)OC(C)(C)C)cs1)C2. The minimum atomic E-state index is -0.783. The molecule has 4 rings (SSSR count). The van der Waals surface area contributed by atoms with E-state index in [0.717, 1.165) is 4.88 Å². The third-order valence-corrected chi connectivity index (χ3v) is 9.40. The van der Waals surface area contributed by atoms with Gasteiger partial charge in [-0.2, -0.15) is 0 Å². The molecule has 271 valence electrons. The first-order chi connectivity index (χ1) is 23.7. The third-order valence-electron chi connectivity index (χ3n) is 8.28. The van der Waals surface area contributed by atoms with E-state index in [2.05, 4.69) is 28.2 Å². The fraction of sp³-hybridized carbons (Fsp3) is 0.514. The van der Waals surface area contributed by atoms with E-state index >= 15 is 0 Å². The summed E-state index contributed by atoms with van der Waals surface area (Å²) in [4.78, 5) is 65.4. The lowest BCUT2D eigenvalue weighted by Gasteiger charge is -2.28. The second-order valence-electron chi connectivity index (χ2n) is 13.5. The van der Waals surface area contributed by atoms with Crippen LogP contribution < -0.4 is 26.0 Å². The molecule has 1 aliphatic carbocycles. The van der Waals surface area contributed by atoms with Gasteiger partial charge in [-0.15, -0.1) is 11.3 Å². The van der Waals surface area contributed by atoms with Crippen molar-refractivity contribution in [2.75, 3.05) is 32.9 Å². The zero-order valence-corrected chi connectivity index (χ0v) is 29.8. The van der Waals surface area contributed by atoms with Crippen molar-refractivity contribution in [2.45, 2.75) is 77.1 Å². The second kappa shape index (κ2) is 16.9. The first-order valence-corrected chi connectivity index (χ1v) is 17.5. The maximum absolute atomic E-state index is 13.7. The van der Waals surface area contributed by atoms with E-state index in [1.165, 1.54) is 11.3 Å². The number of amides is 5. The average Bonchev–Trinajstić information content (AvgIpc) is 3.36. The van der Waals surface area contributed by atoms with Gasteiger partial charge in [0.05, 0.1) is 32.4 Å². The van der Waals surface area contributed by atoms with Crippen LogP contribution in [0.4, 0.5) is 4.79 Å². The van der Waals surface area contributed by atoms with Crippen LogP contribution in [-0.4, -0.2) is 91.1 Å². The number of rotatable bonds is 16. The molecule has 5 N–H and O–H groups in total. The number of ether oxygens (including phenoxy) is 3. The molecule has 2 heterocycles. The van der Waals surface area contributed by atoms with Gasteiger partial charge in [-0.1, -0.05) is 18.2 Å². The lowest BCUT2D eigenvalue weighted by molar-refractivity contribution is -0.140. The van der Waals surface area contributed by atoms with Crippen molar-refractivity contribution < 1.29 is 38.2 Å². The zero-order valence-electron chi connectivity index (χ0n) is 29.0. The highest BCUT2D eigenvalue weighted by Gasteiger charge is 2.67. The molecule has 2 aromatic rings. The zero-order chi connectivity index (χ0) is 36.5. The summed E-state index contributed by atoms with van der Waals surface area (Å²) in [5.41, 5.74) is -0.658. The van der Waals surface area contributed by atoms with E-state index in [0.29, 0.717) is 50.3 Å². The van der Waals surface area contributed by atoms with Gasteiger partial charge >= 0.3 is 6.09 Å². The number of hydrogen-bond donors (Lipinski definition) is 5. The quantitative estimate of drug-likeness (QED) is 0.0998. The highest BCUT2D eigenvalue weighted by atomic mass is 32.1. The number of nitrogens with one attached hydrogen (secondary N) is 5. The number of nitrogens with zero attached hydrogens (tertiary/aromatic N) is 1. The van der Waals surface area contributed by atoms with Crippen molar-refractivity contribution in [2.24, 2.45) is 5.41 Å². The van der Waals surface area contributed by atoms with E-state index in [-0.39, 0.29) is 49.2 Å². The highest BCUT2D eigenvalue weighted by molar-refractivity contribution is 7.10. The standard InChI is InChI=1S/C35H47N6O8S/c1-22(27-16-24(20-50-27)31(36)40-33(46)49-34(3,4)5)39-32(45)26-17-35(21-47-15-13-37-23(2)42)18-28(35)41(26)30(44)19-38-29(43)12-9-14-48-25-10-7-6-8-11-25/h6-8,10-11,16,20,22,26,28H,2,9,12-15,17-19,21H2,1,3-5H3,(H,37,42)(H,38,43)(H,39,45)(H2,36,40,46)/t22-,26+,28+,35-/m1/s1. The number of para-hydroxylation sites is 1. The average molecular weight is 712 g/mol. The van der Waals surface area contributed by atoms with Crippen LogP contribution in [0.1, 0.15) is 69.9 Å². The van der Waals surface area contributed by atoms with Crippen LogP contribution >= 0.6 is 11.3 Å². The van der Waals surface area contributed by atoms with Gasteiger partial charge in [-0.05, 0) is 65.2 Å². The number of carbonyl (C=O) groups is 5. The van der Waals surface area contributed by atoms with Crippen molar-refractivity contribution in [3.05, 3.63) is 59.1 Å². The minimum absolute atomic E-state index is 0.129. The van der Waals surface area contributed by atoms with Crippen LogP contribution in [0.5, 0.6) is 5.75 Å². The Labute approximate surface area is 296 Å². The van der Waals surface area contributed by atoms with Gasteiger partial charge in [-0.25, -0.2) is 4.79 Å². The number of amidine groups is 1. The molecule has 1 aromatic carbocycles. The molecule has 2 aliphatic rings. The van der Waals surface area contributed by atoms with Crippen LogP contribution in [0.15, 0.2) is 41.8 Å². The van der Waals surface area contributed by atoms with E-state index in [4.69, 9.17) is 19.6 Å². The predicted molar refractivity (Wildman–Crippen MR) is 187 cm³/mol. The molecule has 0 spiro atoms. The molecule has 1 radical (unpaired) electrons.